The molecule has 0 fully saturated rings. The number of rotatable bonds is 5. The van der Waals surface area contributed by atoms with Crippen LogP contribution in [0.5, 0.6) is 0 Å². The van der Waals surface area contributed by atoms with Gasteiger partial charge in [0.05, 0.1) is 5.57 Å². The molecule has 1 aliphatic heterocycles. The number of hydrogen-bond donors (Lipinski definition) is 0. The van der Waals surface area contributed by atoms with Gasteiger partial charge in [-0.2, -0.15) is 0 Å². The average Bonchev–Trinajstić information content (AvgIpc) is 2.87. The van der Waals surface area contributed by atoms with Crippen molar-refractivity contribution < 1.29 is 9.59 Å². The predicted molar refractivity (Wildman–Crippen MR) is 99.9 cm³/mol. The number of likely N-dealkylation sites (N-methyl/N-ethyl adjacent to an activating group) is 1. The van der Waals surface area contributed by atoms with Crippen LogP contribution >= 0.6 is 0 Å². The monoisotopic (exact) mass is 332 g/mol. The van der Waals surface area contributed by atoms with Gasteiger partial charge in [-0.3, -0.25) is 14.5 Å². The predicted octanol–water partition coefficient (Wildman–Crippen LogP) is 3.40. The molecule has 126 valence electrons. The summed E-state index contributed by atoms with van der Waals surface area (Å²) in [6.45, 7) is 5.83. The molecule has 2 amide bonds. The van der Waals surface area contributed by atoms with E-state index in [1.807, 2.05) is 61.5 Å². The first-order valence-electron chi connectivity index (χ1n) is 8.11. The highest BCUT2D eigenvalue weighted by atomic mass is 16.2. The summed E-state index contributed by atoms with van der Waals surface area (Å²) in [6.07, 6.45) is 1.56. The topological polar surface area (TPSA) is 40.6 Å². The maximum absolute atomic E-state index is 12.9. The SMILES string of the molecule is C=CCN1C(=O)C(c2ccc(C)cc2)=C(N(C)c2ccccc2)C1=O. The fourth-order valence-corrected chi connectivity index (χ4v) is 2.93. The molecule has 0 radical (unpaired) electrons. The Kier molecular flexibility index (Phi) is 4.52. The Morgan fingerprint density at radius 3 is 2.24 bits per heavy atom. The van der Waals surface area contributed by atoms with Gasteiger partial charge in [0.1, 0.15) is 5.70 Å². The van der Waals surface area contributed by atoms with E-state index >= 15 is 0 Å². The zero-order valence-corrected chi connectivity index (χ0v) is 14.4. The highest BCUT2D eigenvalue weighted by Crippen LogP contribution is 2.33. The van der Waals surface area contributed by atoms with Crippen molar-refractivity contribution in [2.24, 2.45) is 0 Å². The molecule has 0 N–H and O–H groups in total. The summed E-state index contributed by atoms with van der Waals surface area (Å²) in [4.78, 5) is 28.8. The zero-order valence-electron chi connectivity index (χ0n) is 14.4. The molecule has 4 nitrogen and oxygen atoms in total. The van der Waals surface area contributed by atoms with Crippen molar-refractivity contribution >= 4 is 23.1 Å². The minimum absolute atomic E-state index is 0.194. The Bertz CT molecular complexity index is 851. The van der Waals surface area contributed by atoms with E-state index in [4.69, 9.17) is 0 Å². The maximum atomic E-state index is 12.9. The van der Waals surface area contributed by atoms with Crippen molar-refractivity contribution in [3.63, 3.8) is 0 Å². The first-order chi connectivity index (χ1) is 12.0. The first-order valence-corrected chi connectivity index (χ1v) is 8.11. The minimum Gasteiger partial charge on any atom is -0.339 e. The molecule has 0 spiro atoms. The van der Waals surface area contributed by atoms with Crippen molar-refractivity contribution in [1.29, 1.82) is 0 Å². The van der Waals surface area contributed by atoms with E-state index in [0.29, 0.717) is 11.3 Å². The molecule has 2 aromatic rings. The van der Waals surface area contributed by atoms with Crippen molar-refractivity contribution in [3.05, 3.63) is 84.1 Å². The number of benzene rings is 2. The highest BCUT2D eigenvalue weighted by Gasteiger charge is 2.40. The first kappa shape index (κ1) is 16.7. The van der Waals surface area contributed by atoms with Gasteiger partial charge in [-0.05, 0) is 24.6 Å². The molecule has 0 bridgehead atoms. The fourth-order valence-electron chi connectivity index (χ4n) is 2.93. The lowest BCUT2D eigenvalue weighted by atomic mass is 10.0. The van der Waals surface area contributed by atoms with Gasteiger partial charge >= 0.3 is 0 Å². The van der Waals surface area contributed by atoms with Crippen LogP contribution in [0.1, 0.15) is 11.1 Å². The normalized spacial score (nSPS) is 14.2. The molecular formula is C21H20N2O2. The Morgan fingerprint density at radius 1 is 1.00 bits per heavy atom. The van der Waals surface area contributed by atoms with Gasteiger partial charge in [-0.25, -0.2) is 0 Å². The van der Waals surface area contributed by atoms with E-state index in [1.165, 1.54) is 4.90 Å². The Balaban J connectivity index is 2.15. The maximum Gasteiger partial charge on any atom is 0.278 e. The lowest BCUT2D eigenvalue weighted by Crippen LogP contribution is -2.34. The Labute approximate surface area is 147 Å². The van der Waals surface area contributed by atoms with Crippen molar-refractivity contribution in [2.45, 2.75) is 6.92 Å². The summed E-state index contributed by atoms with van der Waals surface area (Å²) < 4.78 is 0. The van der Waals surface area contributed by atoms with Crippen molar-refractivity contribution in [3.8, 4) is 0 Å². The van der Waals surface area contributed by atoms with E-state index in [2.05, 4.69) is 6.58 Å². The molecular weight excluding hydrogens is 312 g/mol. The molecule has 4 heteroatoms. The molecule has 0 atom stereocenters. The molecule has 1 aliphatic rings. The number of hydrogen-bond acceptors (Lipinski definition) is 3. The smallest absolute Gasteiger partial charge is 0.278 e. The third-order valence-electron chi connectivity index (χ3n) is 4.27. The zero-order chi connectivity index (χ0) is 18.0. The summed E-state index contributed by atoms with van der Waals surface area (Å²) >= 11 is 0. The van der Waals surface area contributed by atoms with Crippen LogP contribution in [0.3, 0.4) is 0 Å². The number of para-hydroxylation sites is 1. The number of anilines is 1. The van der Waals surface area contributed by atoms with Gasteiger partial charge < -0.3 is 4.90 Å². The molecule has 2 aromatic carbocycles. The molecule has 3 rings (SSSR count). The van der Waals surface area contributed by atoms with Crippen LogP contribution in [0.25, 0.3) is 5.57 Å². The number of imide groups is 1. The lowest BCUT2D eigenvalue weighted by Gasteiger charge is -2.21. The molecule has 0 aliphatic carbocycles. The number of carbonyl (C=O) groups is 2. The fraction of sp³-hybridized carbons (Fsp3) is 0.143. The van der Waals surface area contributed by atoms with Crippen LogP contribution in [-0.4, -0.2) is 30.3 Å². The lowest BCUT2D eigenvalue weighted by molar-refractivity contribution is -0.136. The Morgan fingerprint density at radius 2 is 1.64 bits per heavy atom. The largest absolute Gasteiger partial charge is 0.339 e. The quantitative estimate of drug-likeness (QED) is 0.622. The van der Waals surface area contributed by atoms with Gasteiger partial charge in [-0.15, -0.1) is 6.58 Å². The van der Waals surface area contributed by atoms with Gasteiger partial charge in [0, 0.05) is 19.3 Å². The third-order valence-corrected chi connectivity index (χ3v) is 4.27. The van der Waals surface area contributed by atoms with Gasteiger partial charge in [0.15, 0.2) is 0 Å². The second-order valence-electron chi connectivity index (χ2n) is 5.99. The summed E-state index contributed by atoms with van der Waals surface area (Å²) in [5.41, 5.74) is 3.51. The number of amides is 2. The van der Waals surface area contributed by atoms with Gasteiger partial charge in [-0.1, -0.05) is 54.1 Å². The molecule has 1 heterocycles. The Hall–Kier alpha value is -3.14. The van der Waals surface area contributed by atoms with E-state index in [1.54, 1.807) is 18.0 Å². The summed E-state index contributed by atoms with van der Waals surface area (Å²) in [5, 5.41) is 0. The van der Waals surface area contributed by atoms with Crippen LogP contribution in [0.2, 0.25) is 0 Å². The van der Waals surface area contributed by atoms with E-state index in [0.717, 1.165) is 16.8 Å². The number of aryl methyl sites for hydroxylation is 1. The van der Waals surface area contributed by atoms with Gasteiger partial charge in [0.2, 0.25) is 0 Å². The third kappa shape index (κ3) is 2.98. The van der Waals surface area contributed by atoms with E-state index in [9.17, 15) is 9.59 Å². The van der Waals surface area contributed by atoms with Crippen LogP contribution in [0.15, 0.2) is 72.9 Å². The van der Waals surface area contributed by atoms with Crippen molar-refractivity contribution in [1.82, 2.24) is 4.90 Å². The van der Waals surface area contributed by atoms with Crippen LogP contribution in [0, 0.1) is 6.92 Å². The standard InChI is InChI=1S/C21H20N2O2/c1-4-14-23-20(24)18(16-12-10-15(2)11-13-16)19(21(23)25)22(3)17-8-6-5-7-9-17/h4-13H,1,14H2,2-3H3. The number of nitrogens with zero attached hydrogens (tertiary/aromatic N) is 2. The average molecular weight is 332 g/mol. The molecule has 0 unspecified atom stereocenters. The molecule has 0 saturated carbocycles. The van der Waals surface area contributed by atoms with E-state index < -0.39 is 0 Å². The second kappa shape index (κ2) is 6.77. The van der Waals surface area contributed by atoms with Crippen LogP contribution < -0.4 is 4.90 Å². The van der Waals surface area contributed by atoms with E-state index in [-0.39, 0.29) is 18.4 Å². The van der Waals surface area contributed by atoms with Gasteiger partial charge in [0.25, 0.3) is 11.8 Å². The highest BCUT2D eigenvalue weighted by molar-refractivity contribution is 6.36. The molecule has 0 saturated heterocycles. The summed E-state index contributed by atoms with van der Waals surface area (Å²) in [7, 11) is 1.81. The van der Waals surface area contributed by atoms with Crippen LogP contribution in [-0.2, 0) is 9.59 Å². The molecule has 25 heavy (non-hydrogen) atoms. The summed E-state index contributed by atoms with van der Waals surface area (Å²) in [5.74, 6) is -0.585. The second-order valence-corrected chi connectivity index (χ2v) is 5.99. The summed E-state index contributed by atoms with van der Waals surface area (Å²) in [6, 6.07) is 17.2. The van der Waals surface area contributed by atoms with Crippen LogP contribution in [0.4, 0.5) is 5.69 Å². The molecule has 0 aromatic heterocycles. The minimum atomic E-state index is -0.299. The number of carbonyl (C=O) groups excluding carboxylic acids is 2. The van der Waals surface area contributed by atoms with Crippen molar-refractivity contribution in [2.75, 3.05) is 18.5 Å².